The number of rotatable bonds is 7. The minimum atomic E-state index is -0.609. The molecule has 3 aromatic rings. The Hall–Kier alpha value is -3.45. The van der Waals surface area contributed by atoms with Crippen LogP contribution in [0.15, 0.2) is 81.9 Å². The molecule has 0 amide bonds. The molecule has 0 aliphatic carbocycles. The smallest absolute Gasteiger partial charge is 0.363 e. The number of ether oxygens (including phenoxy) is 3. The van der Waals surface area contributed by atoms with Crippen LogP contribution in [0.1, 0.15) is 23.6 Å². The molecule has 0 fully saturated rings. The maximum Gasteiger partial charge on any atom is 0.363 e. The average molecular weight is 496 g/mol. The van der Waals surface area contributed by atoms with Crippen LogP contribution in [0, 0.1) is 5.82 Å². The zero-order valence-electron chi connectivity index (χ0n) is 17.2. The van der Waals surface area contributed by atoms with Gasteiger partial charge in [0.25, 0.3) is 0 Å². The van der Waals surface area contributed by atoms with Gasteiger partial charge < -0.3 is 14.2 Å². The Morgan fingerprint density at radius 2 is 1.88 bits per heavy atom. The third kappa shape index (κ3) is 5.06. The number of aliphatic imine (C=N–C) groups is 1. The molecule has 0 spiro atoms. The van der Waals surface area contributed by atoms with E-state index in [1.807, 2.05) is 37.3 Å². The summed E-state index contributed by atoms with van der Waals surface area (Å²) >= 11 is 3.53. The Morgan fingerprint density at radius 3 is 2.62 bits per heavy atom. The van der Waals surface area contributed by atoms with E-state index in [-0.39, 0.29) is 11.6 Å². The Balaban J connectivity index is 1.62. The second kappa shape index (κ2) is 9.78. The normalized spacial score (nSPS) is 14.3. The summed E-state index contributed by atoms with van der Waals surface area (Å²) in [6.07, 6.45) is 1.59. The molecule has 0 bridgehead atoms. The van der Waals surface area contributed by atoms with Gasteiger partial charge in [-0.1, -0.05) is 36.4 Å². The minimum Gasteiger partial charge on any atom is -0.490 e. The second-order valence-corrected chi connectivity index (χ2v) is 7.74. The average Bonchev–Trinajstić information content (AvgIpc) is 3.14. The van der Waals surface area contributed by atoms with Crippen LogP contribution in [0.25, 0.3) is 6.08 Å². The number of cyclic esters (lactones) is 1. The highest BCUT2D eigenvalue weighted by atomic mass is 79.9. The van der Waals surface area contributed by atoms with Gasteiger partial charge in [0.2, 0.25) is 5.90 Å². The van der Waals surface area contributed by atoms with Crippen molar-refractivity contribution in [3.8, 4) is 11.5 Å². The number of hydrogen-bond acceptors (Lipinski definition) is 5. The lowest BCUT2D eigenvalue weighted by Gasteiger charge is -2.15. The molecule has 5 nitrogen and oxygen atoms in total. The summed E-state index contributed by atoms with van der Waals surface area (Å²) in [5, 5.41) is 0. The predicted octanol–water partition coefficient (Wildman–Crippen LogP) is 5.91. The largest absolute Gasteiger partial charge is 0.490 e. The molecule has 4 rings (SSSR count). The van der Waals surface area contributed by atoms with Crippen molar-refractivity contribution in [3.05, 3.63) is 99.4 Å². The Labute approximate surface area is 193 Å². The molecule has 162 valence electrons. The van der Waals surface area contributed by atoms with Gasteiger partial charge in [0.1, 0.15) is 12.4 Å². The summed E-state index contributed by atoms with van der Waals surface area (Å²) in [6.45, 7) is 2.70. The number of nitrogens with zero attached hydrogens (tertiary/aromatic N) is 1. The van der Waals surface area contributed by atoms with Crippen LogP contribution in [0.2, 0.25) is 0 Å². The van der Waals surface area contributed by atoms with E-state index in [9.17, 15) is 9.18 Å². The predicted molar refractivity (Wildman–Crippen MR) is 123 cm³/mol. The Morgan fingerprint density at radius 1 is 1.06 bits per heavy atom. The number of esters is 1. The summed E-state index contributed by atoms with van der Waals surface area (Å²) < 4.78 is 31.1. The first-order valence-electron chi connectivity index (χ1n) is 9.95. The van der Waals surface area contributed by atoms with E-state index in [1.54, 1.807) is 24.3 Å². The van der Waals surface area contributed by atoms with Crippen LogP contribution < -0.4 is 9.47 Å². The lowest BCUT2D eigenvalue weighted by molar-refractivity contribution is -0.129. The third-order valence-corrected chi connectivity index (χ3v) is 5.14. The van der Waals surface area contributed by atoms with Gasteiger partial charge in [0.15, 0.2) is 17.2 Å². The SMILES string of the molecule is CCOc1cc(/C=C2\N=C(c3cccc(F)c3)OC2=O)cc(Br)c1OCc1ccccc1. The highest BCUT2D eigenvalue weighted by Crippen LogP contribution is 2.38. The third-order valence-electron chi connectivity index (χ3n) is 4.55. The number of hydrogen-bond donors (Lipinski definition) is 0. The van der Waals surface area contributed by atoms with Crippen molar-refractivity contribution >= 4 is 33.9 Å². The highest BCUT2D eigenvalue weighted by molar-refractivity contribution is 9.10. The minimum absolute atomic E-state index is 0.0626. The van der Waals surface area contributed by atoms with E-state index in [0.29, 0.717) is 40.3 Å². The molecule has 3 aromatic carbocycles. The summed E-state index contributed by atoms with van der Waals surface area (Å²) in [5.74, 6) is 0.117. The topological polar surface area (TPSA) is 57.1 Å². The second-order valence-electron chi connectivity index (χ2n) is 6.88. The van der Waals surface area contributed by atoms with Gasteiger partial charge in [-0.2, -0.15) is 0 Å². The molecular formula is C25H19BrFNO4. The van der Waals surface area contributed by atoms with E-state index >= 15 is 0 Å². The van der Waals surface area contributed by atoms with Crippen LogP contribution in [0.4, 0.5) is 4.39 Å². The van der Waals surface area contributed by atoms with Crippen LogP contribution in [-0.2, 0) is 16.1 Å². The van der Waals surface area contributed by atoms with Crippen molar-refractivity contribution in [1.29, 1.82) is 0 Å². The fourth-order valence-electron chi connectivity index (χ4n) is 3.12. The zero-order chi connectivity index (χ0) is 22.5. The van der Waals surface area contributed by atoms with Gasteiger partial charge in [-0.3, -0.25) is 0 Å². The molecule has 0 N–H and O–H groups in total. The van der Waals surface area contributed by atoms with Crippen LogP contribution in [0.3, 0.4) is 0 Å². The first-order valence-corrected chi connectivity index (χ1v) is 10.7. The van der Waals surface area contributed by atoms with Gasteiger partial charge in [0.05, 0.1) is 11.1 Å². The van der Waals surface area contributed by atoms with Crippen LogP contribution >= 0.6 is 15.9 Å². The van der Waals surface area contributed by atoms with Gasteiger partial charge in [-0.25, -0.2) is 14.2 Å². The Bertz CT molecular complexity index is 1210. The van der Waals surface area contributed by atoms with Crippen LogP contribution in [0.5, 0.6) is 11.5 Å². The zero-order valence-corrected chi connectivity index (χ0v) is 18.8. The number of halogens is 2. The molecule has 1 heterocycles. The first-order chi connectivity index (χ1) is 15.5. The highest BCUT2D eigenvalue weighted by Gasteiger charge is 2.25. The van der Waals surface area contributed by atoms with Gasteiger partial charge >= 0.3 is 5.97 Å². The lowest BCUT2D eigenvalue weighted by atomic mass is 10.1. The first kappa shape index (κ1) is 21.8. The molecule has 7 heteroatoms. The quantitative estimate of drug-likeness (QED) is 0.302. The van der Waals surface area contributed by atoms with Crippen LogP contribution in [-0.4, -0.2) is 18.5 Å². The summed E-state index contributed by atoms with van der Waals surface area (Å²) in [7, 11) is 0. The molecule has 0 atom stereocenters. The summed E-state index contributed by atoms with van der Waals surface area (Å²) in [6, 6.07) is 19.1. The molecule has 0 unspecified atom stereocenters. The van der Waals surface area contributed by atoms with Crippen molar-refractivity contribution in [2.45, 2.75) is 13.5 Å². The standard InChI is InChI=1S/C25H19BrFNO4/c1-2-30-22-13-17(11-20(26)23(22)31-15-16-7-4-3-5-8-16)12-21-25(29)32-24(28-21)18-9-6-10-19(27)14-18/h3-14H,2,15H2,1H3/b21-12-. The molecule has 0 saturated carbocycles. The van der Waals surface area contributed by atoms with Crippen molar-refractivity contribution in [3.63, 3.8) is 0 Å². The lowest BCUT2D eigenvalue weighted by Crippen LogP contribution is -2.05. The maximum atomic E-state index is 13.5. The monoisotopic (exact) mass is 495 g/mol. The van der Waals surface area contributed by atoms with E-state index in [0.717, 1.165) is 5.56 Å². The van der Waals surface area contributed by atoms with Gasteiger partial charge in [-0.15, -0.1) is 0 Å². The number of carbonyl (C=O) groups is 1. The van der Waals surface area contributed by atoms with Gasteiger partial charge in [0, 0.05) is 5.56 Å². The molecule has 0 aromatic heterocycles. The van der Waals surface area contributed by atoms with E-state index in [1.165, 1.54) is 18.2 Å². The molecule has 1 aliphatic rings. The van der Waals surface area contributed by atoms with E-state index < -0.39 is 11.8 Å². The summed E-state index contributed by atoms with van der Waals surface area (Å²) in [5.41, 5.74) is 2.20. The summed E-state index contributed by atoms with van der Waals surface area (Å²) in [4.78, 5) is 16.5. The fraction of sp³-hybridized carbons (Fsp3) is 0.120. The molecule has 0 saturated heterocycles. The van der Waals surface area contributed by atoms with Crippen molar-refractivity contribution in [2.75, 3.05) is 6.61 Å². The van der Waals surface area contributed by atoms with Crippen molar-refractivity contribution < 1.29 is 23.4 Å². The van der Waals surface area contributed by atoms with Crippen molar-refractivity contribution in [1.82, 2.24) is 0 Å². The molecule has 1 aliphatic heterocycles. The van der Waals surface area contributed by atoms with Crippen molar-refractivity contribution in [2.24, 2.45) is 4.99 Å². The Kier molecular flexibility index (Phi) is 6.66. The fourth-order valence-corrected chi connectivity index (χ4v) is 3.69. The number of carbonyl (C=O) groups excluding carboxylic acids is 1. The molecular weight excluding hydrogens is 477 g/mol. The van der Waals surface area contributed by atoms with E-state index in [4.69, 9.17) is 14.2 Å². The van der Waals surface area contributed by atoms with Gasteiger partial charge in [-0.05, 0) is 70.4 Å². The maximum absolute atomic E-state index is 13.5. The molecule has 32 heavy (non-hydrogen) atoms. The van der Waals surface area contributed by atoms with E-state index in [2.05, 4.69) is 20.9 Å². The number of benzene rings is 3. The molecule has 0 radical (unpaired) electrons.